The number of aromatic nitrogens is 2. The van der Waals surface area contributed by atoms with Crippen LogP contribution in [0, 0.1) is 0 Å². The van der Waals surface area contributed by atoms with E-state index in [1.165, 1.54) is 12.1 Å². The molecule has 0 saturated heterocycles. The van der Waals surface area contributed by atoms with Gasteiger partial charge in [0, 0.05) is 12.0 Å². The van der Waals surface area contributed by atoms with Gasteiger partial charge < -0.3 is 9.67 Å². The minimum atomic E-state index is -0.928. The van der Waals surface area contributed by atoms with Crippen LogP contribution < -0.4 is 0 Å². The molecule has 1 aliphatic heterocycles. The summed E-state index contributed by atoms with van der Waals surface area (Å²) >= 11 is 0. The Kier molecular flexibility index (Phi) is 3.49. The highest BCUT2D eigenvalue weighted by atomic mass is 19.1. The van der Waals surface area contributed by atoms with Crippen LogP contribution in [0.3, 0.4) is 0 Å². The Morgan fingerprint density at radius 2 is 2.14 bits per heavy atom. The zero-order valence-corrected chi connectivity index (χ0v) is 11.8. The highest BCUT2D eigenvalue weighted by Crippen LogP contribution is 2.24. The number of aromatic hydroxyl groups is 1. The minimum absolute atomic E-state index is 0.112. The summed E-state index contributed by atoms with van der Waals surface area (Å²) in [6, 6.07) is 6.11. The topological polar surface area (TPSA) is 55.1 Å². The Morgan fingerprint density at radius 3 is 2.81 bits per heavy atom. The van der Waals surface area contributed by atoms with Gasteiger partial charge in [0.15, 0.2) is 0 Å². The summed E-state index contributed by atoms with van der Waals surface area (Å²) in [6.07, 6.45) is 0.739. The van der Waals surface area contributed by atoms with Crippen LogP contribution in [0.2, 0.25) is 0 Å². The fourth-order valence-electron chi connectivity index (χ4n) is 2.77. The van der Waals surface area contributed by atoms with Crippen molar-refractivity contribution in [3.8, 4) is 5.75 Å². The molecule has 0 bridgehead atoms. The lowest BCUT2D eigenvalue weighted by atomic mass is 10.0. The van der Waals surface area contributed by atoms with Gasteiger partial charge in [0.25, 0.3) is 0 Å². The van der Waals surface area contributed by atoms with Gasteiger partial charge in [0.05, 0.1) is 12.2 Å². The quantitative estimate of drug-likeness (QED) is 0.883. The molecular formula is C16H17FN2O2. The number of phenols is 1. The van der Waals surface area contributed by atoms with E-state index in [4.69, 9.17) is 0 Å². The molecule has 5 heteroatoms. The Labute approximate surface area is 122 Å². The highest BCUT2D eigenvalue weighted by molar-refractivity contribution is 6.08. The molecule has 0 aliphatic carbocycles. The van der Waals surface area contributed by atoms with Crippen molar-refractivity contribution < 1.29 is 14.3 Å². The molecule has 2 heterocycles. The second-order valence-corrected chi connectivity index (χ2v) is 5.30. The number of alkyl halides is 1. The van der Waals surface area contributed by atoms with Crippen molar-refractivity contribution in [1.82, 2.24) is 9.55 Å². The molecule has 110 valence electrons. The van der Waals surface area contributed by atoms with Gasteiger partial charge in [-0.1, -0.05) is 6.92 Å². The molecule has 0 fully saturated rings. The summed E-state index contributed by atoms with van der Waals surface area (Å²) < 4.78 is 15.4. The van der Waals surface area contributed by atoms with Crippen LogP contribution in [-0.4, -0.2) is 26.6 Å². The van der Waals surface area contributed by atoms with Crippen molar-refractivity contribution in [2.75, 3.05) is 0 Å². The summed E-state index contributed by atoms with van der Waals surface area (Å²) in [5.74, 6) is 0.740. The summed E-state index contributed by atoms with van der Waals surface area (Å²) in [6.45, 7) is 2.14. The van der Waals surface area contributed by atoms with Crippen LogP contribution in [0.1, 0.15) is 40.9 Å². The van der Waals surface area contributed by atoms with Gasteiger partial charge in [-0.15, -0.1) is 0 Å². The Hall–Kier alpha value is -2.17. The van der Waals surface area contributed by atoms with Gasteiger partial charge >= 0.3 is 0 Å². The molecule has 2 aromatic rings. The molecule has 1 aliphatic rings. The van der Waals surface area contributed by atoms with Crippen LogP contribution in [0.4, 0.5) is 4.39 Å². The van der Waals surface area contributed by atoms with E-state index >= 15 is 0 Å². The normalized spacial score (nSPS) is 17.5. The number of phenolic OH excluding ortho intramolecular Hbond substituents is 1. The number of fused-ring (bicyclic) bond motifs is 1. The third-order valence-corrected chi connectivity index (χ3v) is 3.86. The van der Waals surface area contributed by atoms with Crippen molar-refractivity contribution in [3.05, 3.63) is 47.0 Å². The number of ketones is 1. The monoisotopic (exact) mass is 288 g/mol. The number of rotatable bonds is 3. The molecular weight excluding hydrogens is 271 g/mol. The van der Waals surface area contributed by atoms with Gasteiger partial charge in [0.2, 0.25) is 5.78 Å². The number of halogens is 1. The predicted molar refractivity (Wildman–Crippen MR) is 76.4 cm³/mol. The maximum absolute atomic E-state index is 13.7. The second kappa shape index (κ2) is 5.31. The van der Waals surface area contributed by atoms with Crippen LogP contribution >= 0.6 is 0 Å². The van der Waals surface area contributed by atoms with E-state index in [0.29, 0.717) is 30.5 Å². The molecule has 0 spiro atoms. The third kappa shape index (κ3) is 2.44. The lowest BCUT2D eigenvalue weighted by Crippen LogP contribution is -2.24. The first-order valence-electron chi connectivity index (χ1n) is 7.16. The first-order chi connectivity index (χ1) is 10.1. The Bertz CT molecular complexity index is 676. The number of aryl methyl sites for hydroxylation is 2. The standard InChI is InChI=1S/C16H17FN2O2/c1-2-13-15(16(21)10-3-6-12(20)7-4-10)19-9-11(17)5-8-14(19)18-13/h3-4,6-7,11,20H,2,5,8-9H2,1H3. The molecule has 1 aromatic carbocycles. The number of carbonyl (C=O) groups excluding carboxylic acids is 1. The summed E-state index contributed by atoms with van der Waals surface area (Å²) in [5, 5.41) is 9.32. The summed E-state index contributed by atoms with van der Waals surface area (Å²) in [4.78, 5) is 17.2. The molecule has 0 radical (unpaired) electrons. The van der Waals surface area contributed by atoms with Crippen LogP contribution in [-0.2, 0) is 19.4 Å². The zero-order valence-electron chi connectivity index (χ0n) is 11.8. The molecule has 21 heavy (non-hydrogen) atoms. The lowest BCUT2D eigenvalue weighted by molar-refractivity contribution is 0.102. The molecule has 4 nitrogen and oxygen atoms in total. The minimum Gasteiger partial charge on any atom is -0.508 e. The number of nitrogens with zero attached hydrogens (tertiary/aromatic N) is 2. The van der Waals surface area contributed by atoms with E-state index in [9.17, 15) is 14.3 Å². The molecule has 1 unspecified atom stereocenters. The molecule has 3 rings (SSSR count). The van der Waals surface area contributed by atoms with E-state index < -0.39 is 6.17 Å². The number of benzene rings is 1. The van der Waals surface area contributed by atoms with Crippen LogP contribution in [0.5, 0.6) is 5.75 Å². The maximum atomic E-state index is 13.7. The fourth-order valence-corrected chi connectivity index (χ4v) is 2.77. The van der Waals surface area contributed by atoms with Gasteiger partial charge in [-0.25, -0.2) is 9.37 Å². The predicted octanol–water partition coefficient (Wildman–Crippen LogP) is 2.67. The first-order valence-corrected chi connectivity index (χ1v) is 7.16. The van der Waals surface area contributed by atoms with Crippen LogP contribution in [0.15, 0.2) is 24.3 Å². The van der Waals surface area contributed by atoms with Crippen molar-refractivity contribution in [1.29, 1.82) is 0 Å². The van der Waals surface area contributed by atoms with Gasteiger partial charge in [-0.3, -0.25) is 4.79 Å². The Balaban J connectivity index is 2.06. The highest BCUT2D eigenvalue weighted by Gasteiger charge is 2.27. The van der Waals surface area contributed by atoms with E-state index in [1.807, 2.05) is 6.92 Å². The summed E-state index contributed by atoms with van der Waals surface area (Å²) in [7, 11) is 0. The molecule has 0 amide bonds. The number of hydrogen-bond donors (Lipinski definition) is 1. The van der Waals surface area contributed by atoms with Crippen molar-refractivity contribution in [3.63, 3.8) is 0 Å². The van der Waals surface area contributed by atoms with E-state index in [0.717, 1.165) is 11.5 Å². The van der Waals surface area contributed by atoms with Crippen LogP contribution in [0.25, 0.3) is 0 Å². The van der Waals surface area contributed by atoms with E-state index in [-0.39, 0.29) is 18.1 Å². The fraction of sp³-hybridized carbons (Fsp3) is 0.375. The Morgan fingerprint density at radius 1 is 1.43 bits per heavy atom. The number of hydrogen-bond acceptors (Lipinski definition) is 3. The molecule has 1 N–H and O–H groups in total. The number of carbonyl (C=O) groups is 1. The van der Waals surface area contributed by atoms with Crippen molar-refractivity contribution in [2.45, 2.75) is 38.9 Å². The smallest absolute Gasteiger partial charge is 0.211 e. The van der Waals surface area contributed by atoms with Crippen molar-refractivity contribution in [2.24, 2.45) is 0 Å². The van der Waals surface area contributed by atoms with Gasteiger partial charge in [0.1, 0.15) is 23.4 Å². The molecule has 1 aromatic heterocycles. The maximum Gasteiger partial charge on any atom is 0.211 e. The number of imidazole rings is 1. The van der Waals surface area contributed by atoms with Gasteiger partial charge in [-0.2, -0.15) is 0 Å². The average molecular weight is 288 g/mol. The van der Waals surface area contributed by atoms with E-state index in [2.05, 4.69) is 4.98 Å². The first kappa shape index (κ1) is 13.8. The SMILES string of the molecule is CCc1nc2n(c1C(=O)c1ccc(O)cc1)CC(F)CC2. The second-order valence-electron chi connectivity index (χ2n) is 5.30. The lowest BCUT2D eigenvalue weighted by Gasteiger charge is -2.19. The van der Waals surface area contributed by atoms with E-state index in [1.54, 1.807) is 16.7 Å². The summed E-state index contributed by atoms with van der Waals surface area (Å²) in [5.41, 5.74) is 1.68. The zero-order chi connectivity index (χ0) is 15.0. The van der Waals surface area contributed by atoms with Crippen molar-refractivity contribution >= 4 is 5.78 Å². The van der Waals surface area contributed by atoms with Gasteiger partial charge in [-0.05, 0) is 37.1 Å². The average Bonchev–Trinajstić information content (AvgIpc) is 2.85. The molecule has 1 atom stereocenters. The largest absolute Gasteiger partial charge is 0.508 e. The molecule has 0 saturated carbocycles. The third-order valence-electron chi connectivity index (χ3n) is 3.86.